The van der Waals surface area contributed by atoms with Crippen LogP contribution >= 0.6 is 0 Å². The summed E-state index contributed by atoms with van der Waals surface area (Å²) in [6.45, 7) is 13.5. The van der Waals surface area contributed by atoms with Crippen LogP contribution in [0.25, 0.3) is 0 Å². The highest BCUT2D eigenvalue weighted by Gasteiger charge is 2.10. The number of pyridine rings is 1. The van der Waals surface area contributed by atoms with E-state index in [9.17, 15) is 0 Å². The Labute approximate surface area is 111 Å². The lowest BCUT2D eigenvalue weighted by atomic mass is 10.1. The van der Waals surface area contributed by atoms with E-state index >= 15 is 0 Å². The lowest BCUT2D eigenvalue weighted by molar-refractivity contribution is 0.208. The molecule has 0 radical (unpaired) electrons. The Morgan fingerprint density at radius 3 is 2.56 bits per heavy atom. The van der Waals surface area contributed by atoms with Gasteiger partial charge in [-0.15, -0.1) is 0 Å². The minimum Gasteiger partial charge on any atom is -0.475 e. The van der Waals surface area contributed by atoms with Gasteiger partial charge < -0.3 is 10.1 Å². The van der Waals surface area contributed by atoms with Crippen molar-refractivity contribution in [2.24, 2.45) is 0 Å². The Bertz CT molecular complexity index is 383. The molecule has 1 atom stereocenters. The SMILES string of the molecule is CCC(C)Oc1cc(CNC(C)(C)C)cc(C)n1. The molecule has 0 aromatic carbocycles. The van der Waals surface area contributed by atoms with Gasteiger partial charge in [0, 0.05) is 23.8 Å². The van der Waals surface area contributed by atoms with Gasteiger partial charge in [-0.2, -0.15) is 0 Å². The monoisotopic (exact) mass is 250 g/mol. The maximum Gasteiger partial charge on any atom is 0.214 e. The first kappa shape index (κ1) is 15.0. The van der Waals surface area contributed by atoms with Crippen molar-refractivity contribution in [3.63, 3.8) is 0 Å². The minimum atomic E-state index is 0.120. The molecular weight excluding hydrogens is 224 g/mol. The van der Waals surface area contributed by atoms with Crippen molar-refractivity contribution in [3.8, 4) is 5.88 Å². The van der Waals surface area contributed by atoms with Crippen LogP contribution in [0.3, 0.4) is 0 Å². The van der Waals surface area contributed by atoms with Gasteiger partial charge in [0.25, 0.3) is 0 Å². The molecule has 0 bridgehead atoms. The quantitative estimate of drug-likeness (QED) is 0.869. The molecule has 3 nitrogen and oxygen atoms in total. The third kappa shape index (κ3) is 5.50. The first-order chi connectivity index (χ1) is 8.30. The number of nitrogens with one attached hydrogen (secondary N) is 1. The molecule has 18 heavy (non-hydrogen) atoms. The van der Waals surface area contributed by atoms with Crippen molar-refractivity contribution < 1.29 is 4.74 Å². The van der Waals surface area contributed by atoms with E-state index in [0.29, 0.717) is 0 Å². The zero-order chi connectivity index (χ0) is 13.8. The molecule has 0 aliphatic carbocycles. The summed E-state index contributed by atoms with van der Waals surface area (Å²) in [6.07, 6.45) is 1.20. The molecule has 1 N–H and O–H groups in total. The number of aromatic nitrogens is 1. The van der Waals surface area contributed by atoms with E-state index in [-0.39, 0.29) is 11.6 Å². The predicted molar refractivity (Wildman–Crippen MR) is 75.9 cm³/mol. The fourth-order valence-corrected chi connectivity index (χ4v) is 1.53. The lowest BCUT2D eigenvalue weighted by Crippen LogP contribution is -2.35. The van der Waals surface area contributed by atoms with Crippen molar-refractivity contribution in [2.75, 3.05) is 0 Å². The van der Waals surface area contributed by atoms with Crippen LogP contribution in [0, 0.1) is 6.92 Å². The van der Waals surface area contributed by atoms with Crippen LogP contribution in [-0.2, 0) is 6.54 Å². The molecule has 0 aliphatic rings. The lowest BCUT2D eigenvalue weighted by Gasteiger charge is -2.21. The van der Waals surface area contributed by atoms with E-state index in [2.05, 4.69) is 51.0 Å². The third-order valence-corrected chi connectivity index (χ3v) is 2.71. The van der Waals surface area contributed by atoms with Crippen LogP contribution in [0.5, 0.6) is 5.88 Å². The Balaban J connectivity index is 2.74. The number of hydrogen-bond donors (Lipinski definition) is 1. The van der Waals surface area contributed by atoms with Crippen LogP contribution < -0.4 is 10.1 Å². The predicted octanol–water partition coefficient (Wildman–Crippen LogP) is 3.46. The second kappa shape index (κ2) is 6.19. The van der Waals surface area contributed by atoms with Crippen LogP contribution in [-0.4, -0.2) is 16.6 Å². The third-order valence-electron chi connectivity index (χ3n) is 2.71. The summed E-state index contributed by atoms with van der Waals surface area (Å²) in [6, 6.07) is 4.13. The second-order valence-electron chi connectivity index (χ2n) is 5.90. The summed E-state index contributed by atoms with van der Waals surface area (Å²) in [5.41, 5.74) is 2.34. The number of nitrogens with zero attached hydrogens (tertiary/aromatic N) is 1. The average molecular weight is 250 g/mol. The Morgan fingerprint density at radius 2 is 2.00 bits per heavy atom. The highest BCUT2D eigenvalue weighted by molar-refractivity contribution is 5.24. The Hall–Kier alpha value is -1.09. The van der Waals surface area contributed by atoms with Crippen molar-refractivity contribution >= 4 is 0 Å². The van der Waals surface area contributed by atoms with Crippen molar-refractivity contribution in [2.45, 2.75) is 66.2 Å². The van der Waals surface area contributed by atoms with Crippen molar-refractivity contribution in [3.05, 3.63) is 23.4 Å². The van der Waals surface area contributed by atoms with Crippen LogP contribution in [0.15, 0.2) is 12.1 Å². The fraction of sp³-hybridized carbons (Fsp3) is 0.667. The maximum atomic E-state index is 5.78. The van der Waals surface area contributed by atoms with Crippen LogP contribution in [0.4, 0.5) is 0 Å². The van der Waals surface area contributed by atoms with Crippen LogP contribution in [0.1, 0.15) is 52.3 Å². The Morgan fingerprint density at radius 1 is 1.33 bits per heavy atom. The summed E-state index contributed by atoms with van der Waals surface area (Å²) < 4.78 is 5.78. The molecule has 1 aromatic rings. The topological polar surface area (TPSA) is 34.1 Å². The summed E-state index contributed by atoms with van der Waals surface area (Å²) >= 11 is 0. The number of rotatable bonds is 5. The molecular formula is C15H26N2O. The highest BCUT2D eigenvalue weighted by atomic mass is 16.5. The molecule has 0 aliphatic heterocycles. The first-order valence-corrected chi connectivity index (χ1v) is 6.69. The number of aryl methyl sites for hydroxylation is 1. The van der Waals surface area contributed by atoms with Gasteiger partial charge in [0.15, 0.2) is 0 Å². The smallest absolute Gasteiger partial charge is 0.214 e. The maximum absolute atomic E-state index is 5.78. The summed E-state index contributed by atoms with van der Waals surface area (Å²) in [5, 5.41) is 3.48. The van der Waals surface area contributed by atoms with Gasteiger partial charge in [-0.05, 0) is 52.7 Å². The highest BCUT2D eigenvalue weighted by Crippen LogP contribution is 2.15. The largest absolute Gasteiger partial charge is 0.475 e. The van der Waals surface area contributed by atoms with Gasteiger partial charge in [-0.3, -0.25) is 0 Å². The molecule has 0 fully saturated rings. The molecule has 102 valence electrons. The van der Waals surface area contributed by atoms with Gasteiger partial charge in [0.05, 0.1) is 6.10 Å². The summed E-state index contributed by atoms with van der Waals surface area (Å²) in [4.78, 5) is 4.42. The molecule has 0 spiro atoms. The fourth-order valence-electron chi connectivity index (χ4n) is 1.53. The molecule has 0 amide bonds. The molecule has 1 rings (SSSR count). The zero-order valence-electron chi connectivity index (χ0n) is 12.5. The van der Waals surface area contributed by atoms with Gasteiger partial charge >= 0.3 is 0 Å². The molecule has 1 aromatic heterocycles. The van der Waals surface area contributed by atoms with E-state index in [1.165, 1.54) is 5.56 Å². The summed E-state index contributed by atoms with van der Waals surface area (Å²) in [7, 11) is 0. The number of hydrogen-bond acceptors (Lipinski definition) is 3. The van der Waals surface area contributed by atoms with E-state index < -0.39 is 0 Å². The standard InChI is InChI=1S/C15H26N2O/c1-7-12(3)18-14-9-13(8-11(2)17-14)10-16-15(4,5)6/h8-9,12,16H,7,10H2,1-6H3. The van der Waals surface area contributed by atoms with Gasteiger partial charge in [0.2, 0.25) is 5.88 Å². The first-order valence-electron chi connectivity index (χ1n) is 6.69. The van der Waals surface area contributed by atoms with E-state index in [1.807, 2.05) is 13.0 Å². The number of ether oxygens (including phenoxy) is 1. The minimum absolute atomic E-state index is 0.120. The van der Waals surface area contributed by atoms with E-state index in [0.717, 1.165) is 24.5 Å². The molecule has 3 heteroatoms. The normalized spacial score (nSPS) is 13.4. The van der Waals surface area contributed by atoms with Gasteiger partial charge in [0.1, 0.15) is 0 Å². The molecule has 0 saturated carbocycles. The zero-order valence-corrected chi connectivity index (χ0v) is 12.5. The van der Waals surface area contributed by atoms with Gasteiger partial charge in [-0.1, -0.05) is 6.92 Å². The van der Waals surface area contributed by atoms with E-state index in [1.54, 1.807) is 0 Å². The molecule has 1 unspecified atom stereocenters. The second-order valence-corrected chi connectivity index (χ2v) is 5.90. The summed E-state index contributed by atoms with van der Waals surface area (Å²) in [5.74, 6) is 0.732. The average Bonchev–Trinajstić information content (AvgIpc) is 2.24. The molecule has 1 heterocycles. The molecule has 0 saturated heterocycles. The van der Waals surface area contributed by atoms with E-state index in [4.69, 9.17) is 4.74 Å². The van der Waals surface area contributed by atoms with Gasteiger partial charge in [-0.25, -0.2) is 4.98 Å². The Kier molecular flexibility index (Phi) is 5.15. The van der Waals surface area contributed by atoms with Crippen LogP contribution in [0.2, 0.25) is 0 Å². The van der Waals surface area contributed by atoms with Crippen molar-refractivity contribution in [1.29, 1.82) is 0 Å². The van der Waals surface area contributed by atoms with Crippen molar-refractivity contribution in [1.82, 2.24) is 10.3 Å².